The number of unbranched alkanes of at least 4 members (excludes halogenated alkanes) is 6. The highest BCUT2D eigenvalue weighted by molar-refractivity contribution is 4.82. The Hall–Kier alpha value is -0.280. The third-order valence-electron chi connectivity index (χ3n) is 6.87. The fourth-order valence-corrected chi connectivity index (χ4v) is 4.68. The van der Waals surface area contributed by atoms with Gasteiger partial charge in [-0.25, -0.2) is 0 Å². The fourth-order valence-electron chi connectivity index (χ4n) is 4.68. The molecular formula is C34H70O7. The number of ether oxygens (including phenoxy) is 7. The van der Waals surface area contributed by atoms with E-state index in [4.69, 9.17) is 33.2 Å². The molecule has 7 heteroatoms. The number of rotatable bonds is 32. The summed E-state index contributed by atoms with van der Waals surface area (Å²) in [6.45, 7) is 20.5. The maximum Gasteiger partial charge on any atom is 0.220 e. The Morgan fingerprint density at radius 2 is 0.683 bits per heavy atom. The normalized spacial score (nSPS) is 14.0. The van der Waals surface area contributed by atoms with Gasteiger partial charge in [0.25, 0.3) is 0 Å². The molecule has 0 saturated carbocycles. The van der Waals surface area contributed by atoms with E-state index < -0.39 is 24.2 Å². The molecule has 0 bridgehead atoms. The van der Waals surface area contributed by atoms with Crippen molar-refractivity contribution in [2.75, 3.05) is 39.6 Å². The summed E-state index contributed by atoms with van der Waals surface area (Å²) in [6, 6.07) is 0. The number of hydrogen-bond acceptors (Lipinski definition) is 7. The Morgan fingerprint density at radius 3 is 0.951 bits per heavy atom. The molecule has 2 unspecified atom stereocenters. The van der Waals surface area contributed by atoms with Gasteiger partial charge in [-0.3, -0.25) is 0 Å². The zero-order valence-electron chi connectivity index (χ0n) is 28.6. The minimum absolute atomic E-state index is 0.530. The molecule has 0 spiro atoms. The highest BCUT2D eigenvalue weighted by Gasteiger charge is 2.50. The quantitative estimate of drug-likeness (QED) is 0.0571. The summed E-state index contributed by atoms with van der Waals surface area (Å²) in [5.74, 6) is -2.07. The van der Waals surface area contributed by atoms with Gasteiger partial charge in [-0.05, 0) is 51.4 Å². The summed E-state index contributed by atoms with van der Waals surface area (Å²) in [4.78, 5) is 0. The zero-order valence-corrected chi connectivity index (χ0v) is 28.6. The van der Waals surface area contributed by atoms with Crippen LogP contribution in [0, 0.1) is 0 Å². The molecular weight excluding hydrogens is 520 g/mol. The van der Waals surface area contributed by atoms with Crippen LogP contribution in [-0.2, 0) is 33.2 Å². The Labute approximate surface area is 255 Å². The van der Waals surface area contributed by atoms with Gasteiger partial charge in [0.15, 0.2) is 0 Å². The summed E-state index contributed by atoms with van der Waals surface area (Å²) in [7, 11) is 0. The van der Waals surface area contributed by atoms with Gasteiger partial charge in [0.2, 0.25) is 24.2 Å². The van der Waals surface area contributed by atoms with Gasteiger partial charge in [-0.15, -0.1) is 0 Å². The van der Waals surface area contributed by atoms with Crippen molar-refractivity contribution in [1.82, 2.24) is 0 Å². The van der Waals surface area contributed by atoms with Crippen LogP contribution >= 0.6 is 0 Å². The van der Waals surface area contributed by atoms with Gasteiger partial charge in [0, 0.05) is 52.5 Å². The van der Waals surface area contributed by atoms with Crippen molar-refractivity contribution in [2.45, 2.75) is 182 Å². The lowest BCUT2D eigenvalue weighted by Gasteiger charge is -2.45. The maximum absolute atomic E-state index is 6.94. The number of hydrogen-bond donors (Lipinski definition) is 0. The smallest absolute Gasteiger partial charge is 0.220 e. The molecule has 2 atom stereocenters. The van der Waals surface area contributed by atoms with Crippen LogP contribution in [0.15, 0.2) is 0 Å². The molecule has 41 heavy (non-hydrogen) atoms. The van der Waals surface area contributed by atoms with Crippen molar-refractivity contribution < 1.29 is 33.2 Å². The lowest BCUT2D eigenvalue weighted by Crippen LogP contribution is -2.58. The predicted molar refractivity (Wildman–Crippen MR) is 169 cm³/mol. The van der Waals surface area contributed by atoms with Crippen LogP contribution in [0.5, 0.6) is 0 Å². The van der Waals surface area contributed by atoms with Gasteiger partial charge in [0.05, 0.1) is 0 Å². The lowest BCUT2D eigenvalue weighted by atomic mass is 10.0. The second kappa shape index (κ2) is 27.3. The second-order valence-electron chi connectivity index (χ2n) is 11.2. The van der Waals surface area contributed by atoms with Gasteiger partial charge in [-0.1, -0.05) is 93.9 Å². The lowest BCUT2D eigenvalue weighted by molar-refractivity contribution is -0.426. The Balaban J connectivity index is 6.67. The first-order valence-corrected chi connectivity index (χ1v) is 17.4. The molecule has 0 fully saturated rings. The van der Waals surface area contributed by atoms with E-state index in [0.29, 0.717) is 52.5 Å². The van der Waals surface area contributed by atoms with Crippen LogP contribution in [0.3, 0.4) is 0 Å². The molecule has 0 saturated heterocycles. The summed E-state index contributed by atoms with van der Waals surface area (Å²) in [5.41, 5.74) is 0. The van der Waals surface area contributed by atoms with Gasteiger partial charge in [0.1, 0.15) is 0 Å². The zero-order chi connectivity index (χ0) is 30.7. The van der Waals surface area contributed by atoms with E-state index in [1.54, 1.807) is 0 Å². The Kier molecular flexibility index (Phi) is 27.1. The molecule has 0 aliphatic carbocycles. The summed E-state index contributed by atoms with van der Waals surface area (Å²) < 4.78 is 46.4. The standard InChI is InChI=1S/C34H70O7/c1-9-17-19-21-23-33(37-27-13-5,38-28-14-6)31(35-25-11-3)41-32(36-26-12-4)34(39-29-15-7,40-30-16-8)24-22-20-18-10-2/h31-32H,9-30H2,1-8H3. The first-order valence-electron chi connectivity index (χ1n) is 17.4. The Morgan fingerprint density at radius 1 is 0.366 bits per heavy atom. The topological polar surface area (TPSA) is 64.6 Å². The van der Waals surface area contributed by atoms with Crippen molar-refractivity contribution in [3.05, 3.63) is 0 Å². The average Bonchev–Trinajstić information content (AvgIpc) is 2.99. The fraction of sp³-hybridized carbons (Fsp3) is 1.00. The SMILES string of the molecule is CCCCCCC(OCCC)(OCCC)C(OCCC)OC(OCCC)C(CCCCCC)(OCCC)OCCC. The third-order valence-corrected chi connectivity index (χ3v) is 6.87. The monoisotopic (exact) mass is 591 g/mol. The van der Waals surface area contributed by atoms with Crippen LogP contribution in [0.4, 0.5) is 0 Å². The van der Waals surface area contributed by atoms with Crippen LogP contribution < -0.4 is 0 Å². The molecule has 0 rings (SSSR count). The highest BCUT2D eigenvalue weighted by Crippen LogP contribution is 2.36. The van der Waals surface area contributed by atoms with E-state index in [9.17, 15) is 0 Å². The first-order chi connectivity index (χ1) is 20.0. The molecule has 0 aromatic carbocycles. The van der Waals surface area contributed by atoms with E-state index in [2.05, 4.69) is 55.4 Å². The molecule has 0 radical (unpaired) electrons. The third kappa shape index (κ3) is 17.0. The summed E-state index contributed by atoms with van der Waals surface area (Å²) in [5, 5.41) is 0. The molecule has 0 aromatic rings. The van der Waals surface area contributed by atoms with E-state index in [1.807, 2.05) is 0 Å². The molecule has 0 N–H and O–H groups in total. The Bertz CT molecular complexity index is 483. The van der Waals surface area contributed by atoms with Crippen molar-refractivity contribution in [2.24, 2.45) is 0 Å². The molecule has 0 aromatic heterocycles. The molecule has 0 aliphatic heterocycles. The summed E-state index contributed by atoms with van der Waals surface area (Å²) >= 11 is 0. The van der Waals surface area contributed by atoms with Gasteiger partial charge >= 0.3 is 0 Å². The molecule has 0 aliphatic rings. The van der Waals surface area contributed by atoms with Crippen LogP contribution in [0.1, 0.15) is 158 Å². The van der Waals surface area contributed by atoms with Crippen molar-refractivity contribution in [3.8, 4) is 0 Å². The highest BCUT2D eigenvalue weighted by atomic mass is 16.8. The van der Waals surface area contributed by atoms with E-state index in [-0.39, 0.29) is 0 Å². The van der Waals surface area contributed by atoms with Crippen molar-refractivity contribution in [1.29, 1.82) is 0 Å². The molecule has 0 amide bonds. The van der Waals surface area contributed by atoms with Crippen LogP contribution in [-0.4, -0.2) is 63.8 Å². The largest absolute Gasteiger partial charge is 0.348 e. The average molecular weight is 591 g/mol. The van der Waals surface area contributed by atoms with E-state index in [0.717, 1.165) is 64.2 Å². The van der Waals surface area contributed by atoms with Gasteiger partial charge in [-0.2, -0.15) is 0 Å². The predicted octanol–water partition coefficient (Wildman–Crippen LogP) is 9.55. The van der Waals surface area contributed by atoms with E-state index >= 15 is 0 Å². The van der Waals surface area contributed by atoms with Crippen molar-refractivity contribution in [3.63, 3.8) is 0 Å². The first kappa shape index (κ1) is 40.7. The van der Waals surface area contributed by atoms with Gasteiger partial charge < -0.3 is 33.2 Å². The van der Waals surface area contributed by atoms with Crippen molar-refractivity contribution >= 4 is 0 Å². The minimum atomic E-state index is -1.04. The maximum atomic E-state index is 6.94. The van der Waals surface area contributed by atoms with E-state index in [1.165, 1.54) is 25.7 Å². The summed E-state index contributed by atoms with van der Waals surface area (Å²) in [6.07, 6.45) is 13.9. The van der Waals surface area contributed by atoms with Crippen LogP contribution in [0.25, 0.3) is 0 Å². The molecule has 248 valence electrons. The molecule has 0 heterocycles. The second-order valence-corrected chi connectivity index (χ2v) is 11.2. The van der Waals surface area contributed by atoms with Crippen LogP contribution in [0.2, 0.25) is 0 Å². The minimum Gasteiger partial charge on any atom is -0.348 e. The molecule has 7 nitrogen and oxygen atoms in total.